The van der Waals surface area contributed by atoms with Gasteiger partial charge >= 0.3 is 6.09 Å². The summed E-state index contributed by atoms with van der Waals surface area (Å²) >= 11 is 0. The third-order valence-electron chi connectivity index (χ3n) is 3.70. The molecule has 0 aliphatic carbocycles. The van der Waals surface area contributed by atoms with Crippen LogP contribution < -0.4 is 10.6 Å². The fourth-order valence-electron chi connectivity index (χ4n) is 3.29. The molecule has 21 heavy (non-hydrogen) atoms. The van der Waals surface area contributed by atoms with E-state index >= 15 is 0 Å². The van der Waals surface area contributed by atoms with Crippen LogP contribution in [0, 0.1) is 0 Å². The average molecular weight is 301 g/mol. The van der Waals surface area contributed by atoms with Crippen molar-refractivity contribution in [1.82, 2.24) is 15.5 Å². The molecule has 0 bridgehead atoms. The van der Waals surface area contributed by atoms with Crippen molar-refractivity contribution in [1.29, 1.82) is 0 Å². The number of carboxylic acid groups (broad SMARTS) is 1. The Kier molecular flexibility index (Phi) is 8.26. The molecule has 3 N–H and O–H groups in total. The van der Waals surface area contributed by atoms with Crippen molar-refractivity contribution in [2.24, 2.45) is 0 Å². The number of nitrogens with zero attached hydrogens (tertiary/aromatic N) is 1. The molecule has 5 heteroatoms. The standard InChI is InChI=1S/C12H24N2O2.C4H11N/c1-6-14(10(15)16)9-7-11(2,3)13-12(4,5)8-9;1-3-5-4-2/h9,13H,6-8H2,1-5H3,(H,15,16);5H,3-4H2,1-2H3. The fraction of sp³-hybridized carbons (Fsp3) is 0.938. The van der Waals surface area contributed by atoms with Crippen LogP contribution in [0.4, 0.5) is 4.79 Å². The zero-order chi connectivity index (χ0) is 16.7. The zero-order valence-corrected chi connectivity index (χ0v) is 14.9. The minimum Gasteiger partial charge on any atom is -0.465 e. The second-order valence-electron chi connectivity index (χ2n) is 6.98. The Hall–Kier alpha value is -0.810. The first-order chi connectivity index (χ1) is 9.58. The summed E-state index contributed by atoms with van der Waals surface area (Å²) in [5.74, 6) is 0. The molecule has 1 aliphatic rings. The predicted octanol–water partition coefficient (Wildman–Crippen LogP) is 2.91. The number of hydrogen-bond donors (Lipinski definition) is 3. The first-order valence-electron chi connectivity index (χ1n) is 8.08. The van der Waals surface area contributed by atoms with Crippen LogP contribution in [0.15, 0.2) is 0 Å². The zero-order valence-electron chi connectivity index (χ0n) is 14.9. The molecule has 1 heterocycles. The molecule has 1 saturated heterocycles. The quantitative estimate of drug-likeness (QED) is 0.747. The molecular formula is C16H35N3O2. The summed E-state index contributed by atoms with van der Waals surface area (Å²) in [6.07, 6.45) is 0.939. The lowest BCUT2D eigenvalue weighted by Gasteiger charge is -2.48. The molecule has 0 atom stereocenters. The number of piperidine rings is 1. The van der Waals surface area contributed by atoms with Crippen molar-refractivity contribution in [3.63, 3.8) is 0 Å². The second kappa shape index (κ2) is 8.59. The third kappa shape index (κ3) is 7.67. The summed E-state index contributed by atoms with van der Waals surface area (Å²) in [4.78, 5) is 12.7. The van der Waals surface area contributed by atoms with Gasteiger partial charge in [-0.05, 0) is 60.5 Å². The Balaban J connectivity index is 0.000000690. The molecule has 0 aromatic heterocycles. The van der Waals surface area contributed by atoms with E-state index in [1.165, 1.54) is 0 Å². The molecular weight excluding hydrogens is 266 g/mol. The molecule has 0 saturated carbocycles. The molecule has 0 spiro atoms. The highest BCUT2D eigenvalue weighted by atomic mass is 16.4. The highest BCUT2D eigenvalue weighted by Crippen LogP contribution is 2.31. The summed E-state index contributed by atoms with van der Waals surface area (Å²) in [7, 11) is 0. The third-order valence-corrected chi connectivity index (χ3v) is 3.70. The maximum Gasteiger partial charge on any atom is 0.407 e. The van der Waals surface area contributed by atoms with Gasteiger partial charge in [-0.15, -0.1) is 0 Å². The van der Waals surface area contributed by atoms with Gasteiger partial charge in [0.1, 0.15) is 0 Å². The van der Waals surface area contributed by atoms with Crippen molar-refractivity contribution >= 4 is 6.09 Å². The van der Waals surface area contributed by atoms with Gasteiger partial charge in [0, 0.05) is 23.7 Å². The molecule has 0 unspecified atom stereocenters. The van der Waals surface area contributed by atoms with Gasteiger partial charge in [0.25, 0.3) is 0 Å². The van der Waals surface area contributed by atoms with Gasteiger partial charge in [-0.3, -0.25) is 0 Å². The summed E-state index contributed by atoms with van der Waals surface area (Å²) in [5.41, 5.74) is -0.00935. The number of nitrogens with one attached hydrogen (secondary N) is 2. The first-order valence-corrected chi connectivity index (χ1v) is 8.08. The van der Waals surface area contributed by atoms with E-state index in [2.05, 4.69) is 52.2 Å². The lowest BCUT2D eigenvalue weighted by atomic mass is 9.79. The van der Waals surface area contributed by atoms with Crippen LogP contribution in [0.3, 0.4) is 0 Å². The van der Waals surface area contributed by atoms with E-state index in [0.717, 1.165) is 25.9 Å². The maximum absolute atomic E-state index is 11.2. The van der Waals surface area contributed by atoms with E-state index in [1.54, 1.807) is 4.90 Å². The molecule has 0 aromatic rings. The van der Waals surface area contributed by atoms with Crippen LogP contribution in [0.1, 0.15) is 61.3 Å². The minimum atomic E-state index is -0.805. The Labute approximate surface area is 130 Å². The highest BCUT2D eigenvalue weighted by Gasteiger charge is 2.40. The van der Waals surface area contributed by atoms with Crippen molar-refractivity contribution in [3.05, 3.63) is 0 Å². The largest absolute Gasteiger partial charge is 0.465 e. The molecule has 5 nitrogen and oxygen atoms in total. The summed E-state index contributed by atoms with van der Waals surface area (Å²) < 4.78 is 0. The SMILES string of the molecule is CCN(C(=O)O)C1CC(C)(C)NC(C)(C)C1.CCNCC. The minimum absolute atomic E-state index is 0.00468. The van der Waals surface area contributed by atoms with Crippen LogP contribution in [-0.2, 0) is 0 Å². The monoisotopic (exact) mass is 301 g/mol. The van der Waals surface area contributed by atoms with Crippen LogP contribution in [-0.4, -0.2) is 52.9 Å². The van der Waals surface area contributed by atoms with Gasteiger partial charge in [-0.25, -0.2) is 4.79 Å². The van der Waals surface area contributed by atoms with Crippen LogP contribution >= 0.6 is 0 Å². The van der Waals surface area contributed by atoms with Crippen molar-refractivity contribution in [2.45, 2.75) is 78.4 Å². The van der Waals surface area contributed by atoms with Crippen LogP contribution in [0.25, 0.3) is 0 Å². The van der Waals surface area contributed by atoms with E-state index in [-0.39, 0.29) is 17.1 Å². The molecule has 126 valence electrons. The van der Waals surface area contributed by atoms with Gasteiger partial charge in [-0.1, -0.05) is 13.8 Å². The Morgan fingerprint density at radius 2 is 1.57 bits per heavy atom. The van der Waals surface area contributed by atoms with Gasteiger partial charge in [0.15, 0.2) is 0 Å². The van der Waals surface area contributed by atoms with Crippen molar-refractivity contribution < 1.29 is 9.90 Å². The van der Waals surface area contributed by atoms with Crippen molar-refractivity contribution in [2.75, 3.05) is 19.6 Å². The lowest BCUT2D eigenvalue weighted by Crippen LogP contribution is -2.62. The van der Waals surface area contributed by atoms with E-state index in [0.29, 0.717) is 6.54 Å². The van der Waals surface area contributed by atoms with Gasteiger partial charge in [0.05, 0.1) is 0 Å². The van der Waals surface area contributed by atoms with Gasteiger partial charge in [0.2, 0.25) is 0 Å². The summed E-state index contributed by atoms with van der Waals surface area (Å²) in [5, 5.41) is 15.8. The van der Waals surface area contributed by atoms with E-state index in [9.17, 15) is 9.90 Å². The van der Waals surface area contributed by atoms with E-state index in [4.69, 9.17) is 0 Å². The Morgan fingerprint density at radius 1 is 1.14 bits per heavy atom. The predicted molar refractivity (Wildman–Crippen MR) is 88.9 cm³/mol. The van der Waals surface area contributed by atoms with Crippen LogP contribution in [0.5, 0.6) is 0 Å². The molecule has 1 amide bonds. The number of carbonyl (C=O) groups is 1. The maximum atomic E-state index is 11.2. The normalized spacial score (nSPS) is 20.3. The highest BCUT2D eigenvalue weighted by molar-refractivity contribution is 5.65. The fourth-order valence-corrected chi connectivity index (χ4v) is 3.29. The van der Waals surface area contributed by atoms with Gasteiger partial charge in [-0.2, -0.15) is 0 Å². The van der Waals surface area contributed by atoms with Crippen molar-refractivity contribution in [3.8, 4) is 0 Å². The van der Waals surface area contributed by atoms with E-state index in [1.807, 2.05) is 6.92 Å². The summed E-state index contributed by atoms with van der Waals surface area (Å²) in [6, 6.07) is 0.119. The van der Waals surface area contributed by atoms with Gasteiger partial charge < -0.3 is 20.6 Å². The average Bonchev–Trinajstić information content (AvgIpc) is 2.26. The lowest BCUT2D eigenvalue weighted by molar-refractivity contribution is 0.0654. The molecule has 1 aliphatic heterocycles. The topological polar surface area (TPSA) is 64.6 Å². The molecule has 1 rings (SSSR count). The molecule has 0 aromatic carbocycles. The Bertz CT molecular complexity index is 299. The summed E-state index contributed by atoms with van der Waals surface area (Å²) in [6.45, 7) is 17.4. The van der Waals surface area contributed by atoms with Crippen LogP contribution in [0.2, 0.25) is 0 Å². The smallest absolute Gasteiger partial charge is 0.407 e. The van der Waals surface area contributed by atoms with E-state index < -0.39 is 6.09 Å². The number of rotatable bonds is 4. The molecule has 1 fully saturated rings. The number of amides is 1. The second-order valence-corrected chi connectivity index (χ2v) is 6.98. The molecule has 0 radical (unpaired) electrons. The number of hydrogen-bond acceptors (Lipinski definition) is 3. The first kappa shape index (κ1) is 20.2. The Morgan fingerprint density at radius 3 is 1.81 bits per heavy atom.